The van der Waals surface area contributed by atoms with Gasteiger partial charge < -0.3 is 9.47 Å². The van der Waals surface area contributed by atoms with E-state index in [4.69, 9.17) is 32.7 Å². The highest BCUT2D eigenvalue weighted by Crippen LogP contribution is 1.88. The average molecular weight is 272 g/mol. The van der Waals surface area contributed by atoms with Crippen molar-refractivity contribution in [2.75, 3.05) is 45.1 Å². The number of likely N-dealkylation sites (N-methyl/N-ethyl adjacent to an activating group) is 1. The van der Waals surface area contributed by atoms with Crippen LogP contribution in [-0.4, -0.2) is 61.9 Å². The summed E-state index contributed by atoms with van der Waals surface area (Å²) in [5.41, 5.74) is 0. The van der Waals surface area contributed by atoms with E-state index in [1.807, 2.05) is 11.9 Å². The zero-order chi connectivity index (χ0) is 12.4. The Labute approximate surface area is 105 Å². The van der Waals surface area contributed by atoms with E-state index in [0.717, 1.165) is 0 Å². The van der Waals surface area contributed by atoms with Gasteiger partial charge in [0, 0.05) is 13.1 Å². The summed E-state index contributed by atoms with van der Waals surface area (Å²) in [7, 11) is 1.82. The Morgan fingerprint density at radius 3 is 1.69 bits per heavy atom. The van der Waals surface area contributed by atoms with Gasteiger partial charge in [0.05, 0.1) is 0 Å². The fourth-order valence-corrected chi connectivity index (χ4v) is 0.974. The monoisotopic (exact) mass is 271 g/mol. The van der Waals surface area contributed by atoms with E-state index >= 15 is 0 Å². The lowest BCUT2D eigenvalue weighted by Gasteiger charge is -2.15. The molecule has 16 heavy (non-hydrogen) atoms. The molecule has 0 N–H and O–H groups in total. The molecule has 0 aliphatic heterocycles. The molecule has 0 atom stereocenters. The molecule has 5 nitrogen and oxygen atoms in total. The maximum atomic E-state index is 10.7. The lowest BCUT2D eigenvalue weighted by Crippen LogP contribution is -2.28. The molecule has 0 saturated carbocycles. The van der Waals surface area contributed by atoms with Crippen molar-refractivity contribution in [1.29, 1.82) is 0 Å². The van der Waals surface area contributed by atoms with Crippen LogP contribution in [0.3, 0.4) is 0 Å². The summed E-state index contributed by atoms with van der Waals surface area (Å²) in [4.78, 5) is 23.2. The number of halogens is 2. The van der Waals surface area contributed by atoms with E-state index in [9.17, 15) is 9.59 Å². The van der Waals surface area contributed by atoms with Gasteiger partial charge in [-0.05, 0) is 7.05 Å². The van der Waals surface area contributed by atoms with Crippen LogP contribution in [0.25, 0.3) is 0 Å². The second kappa shape index (κ2) is 9.69. The first kappa shape index (κ1) is 15.5. The van der Waals surface area contributed by atoms with Crippen LogP contribution >= 0.6 is 23.2 Å². The van der Waals surface area contributed by atoms with Gasteiger partial charge in [-0.25, -0.2) is 0 Å². The molecular formula is C9H15Cl2NO4. The molecule has 0 bridgehead atoms. The van der Waals surface area contributed by atoms with Crippen LogP contribution in [0.5, 0.6) is 0 Å². The third kappa shape index (κ3) is 8.76. The van der Waals surface area contributed by atoms with E-state index in [2.05, 4.69) is 0 Å². The molecular weight excluding hydrogens is 257 g/mol. The molecule has 0 saturated heterocycles. The lowest BCUT2D eigenvalue weighted by atomic mass is 10.5. The van der Waals surface area contributed by atoms with Gasteiger partial charge in [0.2, 0.25) is 0 Å². The van der Waals surface area contributed by atoms with E-state index in [1.165, 1.54) is 0 Å². The third-order valence-corrected chi connectivity index (χ3v) is 2.13. The summed E-state index contributed by atoms with van der Waals surface area (Å²) in [6.45, 7) is 1.65. The van der Waals surface area contributed by atoms with Crippen LogP contribution in [-0.2, 0) is 19.1 Å². The molecule has 0 spiro atoms. The SMILES string of the molecule is CN(CCOC(=O)CCl)CCOC(=O)CCl. The van der Waals surface area contributed by atoms with Crippen molar-refractivity contribution < 1.29 is 19.1 Å². The van der Waals surface area contributed by atoms with Crippen molar-refractivity contribution >= 4 is 35.1 Å². The zero-order valence-electron chi connectivity index (χ0n) is 9.08. The fraction of sp³-hybridized carbons (Fsp3) is 0.778. The molecule has 0 rings (SSSR count). The van der Waals surface area contributed by atoms with Crippen LogP contribution in [0, 0.1) is 0 Å². The predicted molar refractivity (Wildman–Crippen MR) is 60.9 cm³/mol. The third-order valence-electron chi connectivity index (χ3n) is 1.69. The standard InChI is InChI=1S/C9H15Cl2NO4/c1-12(2-4-15-8(13)6-10)3-5-16-9(14)7-11/h2-7H2,1H3. The molecule has 0 aromatic heterocycles. The highest BCUT2D eigenvalue weighted by molar-refractivity contribution is 6.26. The molecule has 7 heteroatoms. The minimum absolute atomic E-state index is 0.142. The topological polar surface area (TPSA) is 55.8 Å². The largest absolute Gasteiger partial charge is 0.463 e. The summed E-state index contributed by atoms with van der Waals surface area (Å²) in [5, 5.41) is 0. The Morgan fingerprint density at radius 2 is 1.38 bits per heavy atom. The Kier molecular flexibility index (Phi) is 9.37. The van der Waals surface area contributed by atoms with Gasteiger partial charge in [-0.15, -0.1) is 23.2 Å². The van der Waals surface area contributed by atoms with Crippen molar-refractivity contribution in [3.63, 3.8) is 0 Å². The highest BCUT2D eigenvalue weighted by Gasteiger charge is 2.04. The van der Waals surface area contributed by atoms with E-state index in [-0.39, 0.29) is 25.0 Å². The number of hydrogen-bond acceptors (Lipinski definition) is 5. The van der Waals surface area contributed by atoms with Gasteiger partial charge in [0.1, 0.15) is 25.0 Å². The number of nitrogens with zero attached hydrogens (tertiary/aromatic N) is 1. The van der Waals surface area contributed by atoms with Crippen molar-refractivity contribution in [3.8, 4) is 0 Å². The summed E-state index contributed by atoms with van der Waals surface area (Å²) in [6.07, 6.45) is 0. The maximum absolute atomic E-state index is 10.7. The number of carbonyl (C=O) groups excluding carboxylic acids is 2. The van der Waals surface area contributed by atoms with Gasteiger partial charge in [0.25, 0.3) is 0 Å². The first-order chi connectivity index (χ1) is 7.60. The molecule has 0 aliphatic carbocycles. The van der Waals surface area contributed by atoms with Crippen molar-refractivity contribution in [2.45, 2.75) is 0 Å². The average Bonchev–Trinajstić information content (AvgIpc) is 2.28. The predicted octanol–water partition coefficient (Wildman–Crippen LogP) is 0.482. The quantitative estimate of drug-likeness (QED) is 0.475. The summed E-state index contributed by atoms with van der Waals surface area (Å²) < 4.78 is 9.54. The molecule has 0 heterocycles. The Balaban J connectivity index is 3.41. The highest BCUT2D eigenvalue weighted by atomic mass is 35.5. The number of carbonyl (C=O) groups is 2. The normalized spacial score (nSPS) is 10.2. The molecule has 0 aromatic carbocycles. The van der Waals surface area contributed by atoms with E-state index < -0.39 is 11.9 Å². The van der Waals surface area contributed by atoms with Crippen LogP contribution in [0.4, 0.5) is 0 Å². The number of ether oxygens (including phenoxy) is 2. The van der Waals surface area contributed by atoms with Crippen LogP contribution < -0.4 is 0 Å². The molecule has 0 aliphatic rings. The number of rotatable bonds is 8. The Morgan fingerprint density at radius 1 is 1.00 bits per heavy atom. The number of alkyl halides is 2. The molecule has 94 valence electrons. The van der Waals surface area contributed by atoms with Gasteiger partial charge in [-0.1, -0.05) is 0 Å². The van der Waals surface area contributed by atoms with Gasteiger partial charge in [0.15, 0.2) is 0 Å². The fourth-order valence-electron chi connectivity index (χ4n) is 0.820. The second-order valence-corrected chi connectivity index (χ2v) is 3.55. The molecule has 0 fully saturated rings. The molecule has 0 unspecified atom stereocenters. The number of esters is 2. The van der Waals surface area contributed by atoms with Gasteiger partial charge in [-0.2, -0.15) is 0 Å². The maximum Gasteiger partial charge on any atom is 0.320 e. The minimum atomic E-state index is -0.441. The van der Waals surface area contributed by atoms with Crippen molar-refractivity contribution in [1.82, 2.24) is 4.90 Å². The minimum Gasteiger partial charge on any atom is -0.463 e. The molecule has 0 aromatic rings. The first-order valence-corrected chi connectivity index (χ1v) is 5.78. The van der Waals surface area contributed by atoms with E-state index in [0.29, 0.717) is 13.1 Å². The van der Waals surface area contributed by atoms with Crippen LogP contribution in [0.1, 0.15) is 0 Å². The van der Waals surface area contributed by atoms with Crippen molar-refractivity contribution in [2.24, 2.45) is 0 Å². The molecule has 0 radical (unpaired) electrons. The lowest BCUT2D eigenvalue weighted by molar-refractivity contribution is -0.141. The second-order valence-electron chi connectivity index (χ2n) is 3.01. The van der Waals surface area contributed by atoms with Gasteiger partial charge in [-0.3, -0.25) is 14.5 Å². The van der Waals surface area contributed by atoms with Gasteiger partial charge >= 0.3 is 11.9 Å². The van der Waals surface area contributed by atoms with Crippen molar-refractivity contribution in [3.05, 3.63) is 0 Å². The smallest absolute Gasteiger partial charge is 0.320 e. The summed E-state index contributed by atoms with van der Waals surface area (Å²) in [6, 6.07) is 0. The Bertz CT molecular complexity index is 204. The number of hydrogen-bond donors (Lipinski definition) is 0. The van der Waals surface area contributed by atoms with Crippen LogP contribution in [0.15, 0.2) is 0 Å². The summed E-state index contributed by atoms with van der Waals surface area (Å²) in [5.74, 6) is -1.17. The molecule has 0 amide bonds. The zero-order valence-corrected chi connectivity index (χ0v) is 10.6. The first-order valence-electron chi connectivity index (χ1n) is 4.72. The van der Waals surface area contributed by atoms with E-state index in [1.54, 1.807) is 0 Å². The summed E-state index contributed by atoms with van der Waals surface area (Å²) >= 11 is 10.5. The van der Waals surface area contributed by atoms with Crippen LogP contribution in [0.2, 0.25) is 0 Å². The Hall–Kier alpha value is -0.520.